The van der Waals surface area contributed by atoms with Gasteiger partial charge in [0.15, 0.2) is 0 Å². The number of carbonyl (C=O) groups excluding carboxylic acids is 3. The fraction of sp³-hybridized carbons (Fsp3) is 0.727. The maximum atomic E-state index is 11.3. The van der Waals surface area contributed by atoms with Gasteiger partial charge in [-0.2, -0.15) is 0 Å². The number of esters is 1. The molecule has 0 saturated heterocycles. The molecule has 0 heterocycles. The number of nitrogens with one attached hydrogen (secondary N) is 1. The van der Waals surface area contributed by atoms with E-state index in [-0.39, 0.29) is 6.42 Å². The molecule has 2 amide bonds. The summed E-state index contributed by atoms with van der Waals surface area (Å²) >= 11 is 0. The lowest BCUT2D eigenvalue weighted by Crippen LogP contribution is -2.49. The lowest BCUT2D eigenvalue weighted by atomic mass is 9.91. The predicted molar refractivity (Wildman–Crippen MR) is 63.6 cm³/mol. The average Bonchev–Trinajstić information content (AvgIpc) is 2.34. The number of ether oxygens (including phenoxy) is 2. The molecule has 0 radical (unpaired) electrons. The summed E-state index contributed by atoms with van der Waals surface area (Å²) in [6, 6.07) is -0.948. The van der Waals surface area contributed by atoms with Gasteiger partial charge in [0.05, 0.1) is 20.6 Å². The van der Waals surface area contributed by atoms with Crippen LogP contribution < -0.4 is 11.1 Å². The Kier molecular flexibility index (Phi) is 7.50. The van der Waals surface area contributed by atoms with Gasteiger partial charge < -0.3 is 20.5 Å². The molecule has 7 heteroatoms. The normalized spacial score (nSPS) is 13.3. The van der Waals surface area contributed by atoms with Crippen molar-refractivity contribution in [3.05, 3.63) is 0 Å². The Labute approximate surface area is 106 Å². The Morgan fingerprint density at radius 2 is 1.83 bits per heavy atom. The molecule has 2 atom stereocenters. The molecule has 18 heavy (non-hydrogen) atoms. The van der Waals surface area contributed by atoms with Crippen LogP contribution in [-0.4, -0.2) is 38.2 Å². The van der Waals surface area contributed by atoms with Gasteiger partial charge in [-0.3, -0.25) is 9.59 Å². The van der Waals surface area contributed by atoms with Crippen LogP contribution in [-0.2, 0) is 19.1 Å². The molecule has 7 nitrogen and oxygen atoms in total. The summed E-state index contributed by atoms with van der Waals surface area (Å²) < 4.78 is 8.97. The number of hydrogen-bond donors (Lipinski definition) is 2. The van der Waals surface area contributed by atoms with E-state index in [1.54, 1.807) is 0 Å². The average molecular weight is 260 g/mol. The quantitative estimate of drug-likeness (QED) is 0.635. The number of methoxy groups -OCH3 is 2. The Morgan fingerprint density at radius 1 is 1.22 bits per heavy atom. The van der Waals surface area contributed by atoms with Gasteiger partial charge in [0, 0.05) is 0 Å². The Bertz CT molecular complexity index is 306. The van der Waals surface area contributed by atoms with Crippen molar-refractivity contribution in [2.75, 3.05) is 14.2 Å². The summed E-state index contributed by atoms with van der Waals surface area (Å²) in [5, 5.41) is 2.34. The van der Waals surface area contributed by atoms with Gasteiger partial charge in [0.2, 0.25) is 5.91 Å². The second-order valence-corrected chi connectivity index (χ2v) is 3.84. The van der Waals surface area contributed by atoms with Crippen LogP contribution in [0.3, 0.4) is 0 Å². The number of amides is 2. The van der Waals surface area contributed by atoms with E-state index in [1.807, 2.05) is 6.92 Å². The molecule has 3 N–H and O–H groups in total. The Balaban J connectivity index is 4.80. The number of carbonyl (C=O) groups is 3. The zero-order chi connectivity index (χ0) is 14.1. The molecule has 0 aliphatic rings. The Hall–Kier alpha value is -1.79. The number of alkyl carbamates (subject to hydrolysis) is 1. The molecule has 0 bridgehead atoms. The molecular weight excluding hydrogens is 240 g/mol. The van der Waals surface area contributed by atoms with Gasteiger partial charge in [-0.15, -0.1) is 0 Å². The van der Waals surface area contributed by atoms with Crippen LogP contribution >= 0.6 is 0 Å². The highest BCUT2D eigenvalue weighted by Crippen LogP contribution is 2.17. The minimum Gasteiger partial charge on any atom is -0.469 e. The Morgan fingerprint density at radius 3 is 2.22 bits per heavy atom. The highest BCUT2D eigenvalue weighted by atomic mass is 16.5. The van der Waals surface area contributed by atoms with Crippen molar-refractivity contribution >= 4 is 18.0 Å². The summed E-state index contributed by atoms with van der Waals surface area (Å²) in [5.41, 5.74) is 5.23. The first-order valence-corrected chi connectivity index (χ1v) is 5.66. The number of nitrogens with two attached hydrogens (primary N) is 1. The van der Waals surface area contributed by atoms with Crippen molar-refractivity contribution in [2.24, 2.45) is 11.7 Å². The largest absolute Gasteiger partial charge is 0.469 e. The van der Waals surface area contributed by atoms with Crippen LogP contribution in [0, 0.1) is 5.92 Å². The van der Waals surface area contributed by atoms with Crippen molar-refractivity contribution in [1.29, 1.82) is 0 Å². The summed E-state index contributed by atoms with van der Waals surface area (Å²) in [6.45, 7) is 1.90. The van der Waals surface area contributed by atoms with E-state index in [2.05, 4.69) is 14.8 Å². The summed E-state index contributed by atoms with van der Waals surface area (Å²) in [6.07, 6.45) is 0.563. The zero-order valence-electron chi connectivity index (χ0n) is 10.9. The van der Waals surface area contributed by atoms with Gasteiger partial charge in [-0.1, -0.05) is 13.3 Å². The third-order valence-electron chi connectivity index (χ3n) is 2.55. The molecule has 0 saturated carbocycles. The molecule has 0 aromatic carbocycles. The maximum absolute atomic E-state index is 11.3. The van der Waals surface area contributed by atoms with E-state index < -0.39 is 29.9 Å². The van der Waals surface area contributed by atoms with E-state index in [1.165, 1.54) is 14.2 Å². The molecule has 0 fully saturated rings. The number of hydrogen-bond acceptors (Lipinski definition) is 5. The zero-order valence-corrected chi connectivity index (χ0v) is 10.9. The van der Waals surface area contributed by atoms with Crippen molar-refractivity contribution in [1.82, 2.24) is 5.32 Å². The minimum absolute atomic E-state index is 0.0158. The van der Waals surface area contributed by atoms with Crippen molar-refractivity contribution in [3.8, 4) is 0 Å². The summed E-state index contributed by atoms with van der Waals surface area (Å²) in [5.74, 6) is -1.56. The second kappa shape index (κ2) is 8.32. The minimum atomic E-state index is -0.948. The molecule has 0 spiro atoms. The first-order chi connectivity index (χ1) is 8.46. The van der Waals surface area contributed by atoms with E-state index in [0.717, 1.165) is 6.42 Å². The molecule has 0 rings (SSSR count). The van der Waals surface area contributed by atoms with Crippen molar-refractivity contribution in [2.45, 2.75) is 32.2 Å². The highest BCUT2D eigenvalue weighted by Gasteiger charge is 2.30. The molecule has 0 aliphatic heterocycles. The maximum Gasteiger partial charge on any atom is 0.407 e. The summed E-state index contributed by atoms with van der Waals surface area (Å²) in [4.78, 5) is 33.7. The van der Waals surface area contributed by atoms with Gasteiger partial charge in [0.25, 0.3) is 0 Å². The van der Waals surface area contributed by atoms with E-state index in [9.17, 15) is 14.4 Å². The monoisotopic (exact) mass is 260 g/mol. The van der Waals surface area contributed by atoms with Gasteiger partial charge >= 0.3 is 12.1 Å². The first-order valence-electron chi connectivity index (χ1n) is 5.66. The lowest BCUT2D eigenvalue weighted by molar-refractivity contribution is -0.142. The van der Waals surface area contributed by atoms with E-state index >= 15 is 0 Å². The molecule has 0 aliphatic carbocycles. The topological polar surface area (TPSA) is 108 Å². The smallest absolute Gasteiger partial charge is 0.407 e. The van der Waals surface area contributed by atoms with Gasteiger partial charge in [-0.25, -0.2) is 4.79 Å². The molecule has 0 aromatic heterocycles. The van der Waals surface area contributed by atoms with Gasteiger partial charge in [-0.05, 0) is 12.3 Å². The van der Waals surface area contributed by atoms with Crippen molar-refractivity contribution < 1.29 is 23.9 Å². The van der Waals surface area contributed by atoms with E-state index in [4.69, 9.17) is 5.73 Å². The molecule has 104 valence electrons. The third-order valence-corrected chi connectivity index (χ3v) is 2.55. The molecular formula is C11H20N2O5. The summed E-state index contributed by atoms with van der Waals surface area (Å²) in [7, 11) is 2.45. The van der Waals surface area contributed by atoms with Crippen LogP contribution in [0.4, 0.5) is 4.79 Å². The highest BCUT2D eigenvalue weighted by molar-refractivity contribution is 5.85. The fourth-order valence-corrected chi connectivity index (χ4v) is 1.66. The lowest BCUT2D eigenvalue weighted by Gasteiger charge is -2.23. The van der Waals surface area contributed by atoms with Gasteiger partial charge in [0.1, 0.15) is 6.04 Å². The van der Waals surface area contributed by atoms with Crippen LogP contribution in [0.2, 0.25) is 0 Å². The SMILES string of the molecule is CCCC(CC(=O)OC)C(NC(=O)OC)C(N)=O. The predicted octanol–water partition coefficient (Wildman–Crippen LogP) is 0.176. The standard InChI is InChI=1S/C11H20N2O5/c1-4-5-7(6-8(14)17-2)9(10(12)15)13-11(16)18-3/h7,9H,4-6H2,1-3H3,(H2,12,15)(H,13,16). The van der Waals surface area contributed by atoms with E-state index in [0.29, 0.717) is 6.42 Å². The van der Waals surface area contributed by atoms with Crippen LogP contribution in [0.5, 0.6) is 0 Å². The number of rotatable bonds is 7. The second-order valence-electron chi connectivity index (χ2n) is 3.84. The third kappa shape index (κ3) is 5.51. The van der Waals surface area contributed by atoms with Crippen LogP contribution in [0.25, 0.3) is 0 Å². The van der Waals surface area contributed by atoms with Crippen molar-refractivity contribution in [3.63, 3.8) is 0 Å². The molecule has 2 unspecified atom stereocenters. The fourth-order valence-electron chi connectivity index (χ4n) is 1.66. The molecule has 0 aromatic rings. The van der Waals surface area contributed by atoms with Crippen LogP contribution in [0.1, 0.15) is 26.2 Å². The number of primary amides is 1. The first kappa shape index (κ1) is 16.2. The van der Waals surface area contributed by atoms with Crippen LogP contribution in [0.15, 0.2) is 0 Å².